The van der Waals surface area contributed by atoms with E-state index in [4.69, 9.17) is 0 Å². The van der Waals surface area contributed by atoms with Gasteiger partial charge < -0.3 is 10.2 Å². The molecule has 0 spiro atoms. The van der Waals surface area contributed by atoms with E-state index in [1.54, 1.807) is 6.07 Å². The number of hydrogen-bond acceptors (Lipinski definition) is 2. The normalized spacial score (nSPS) is 24.7. The SMILES string of the molecule is CCc1ccc(F)cc1C(=O)NC1(C)CCN(C(=O)C2(F)CCC2)C1. The Morgan fingerprint density at radius 1 is 1.28 bits per heavy atom. The standard InChI is InChI=1S/C19H24F2N2O2/c1-3-13-5-6-14(20)11-15(13)16(24)22-18(2)9-10-23(12-18)17(25)19(21)7-4-8-19/h5-6,11H,3-4,7-10,12H2,1-2H3,(H,22,24). The van der Waals surface area contributed by atoms with Crippen LogP contribution in [0.1, 0.15) is 55.5 Å². The molecule has 4 nitrogen and oxygen atoms in total. The Kier molecular flexibility index (Phi) is 4.56. The highest BCUT2D eigenvalue weighted by Gasteiger charge is 2.49. The van der Waals surface area contributed by atoms with Gasteiger partial charge in [-0.2, -0.15) is 0 Å². The molecule has 1 aliphatic heterocycles. The van der Waals surface area contributed by atoms with Crippen molar-refractivity contribution in [3.8, 4) is 0 Å². The molecule has 1 saturated carbocycles. The molecule has 3 rings (SSSR count). The van der Waals surface area contributed by atoms with Gasteiger partial charge in [-0.1, -0.05) is 13.0 Å². The van der Waals surface area contributed by atoms with E-state index in [1.165, 1.54) is 17.0 Å². The van der Waals surface area contributed by atoms with Crippen molar-refractivity contribution < 1.29 is 18.4 Å². The lowest BCUT2D eigenvalue weighted by atomic mass is 9.81. The lowest BCUT2D eigenvalue weighted by molar-refractivity contribution is -0.149. The topological polar surface area (TPSA) is 49.4 Å². The highest BCUT2D eigenvalue weighted by molar-refractivity contribution is 5.96. The van der Waals surface area contributed by atoms with Gasteiger partial charge in [-0.25, -0.2) is 8.78 Å². The zero-order valence-corrected chi connectivity index (χ0v) is 14.7. The lowest BCUT2D eigenvalue weighted by Gasteiger charge is -2.36. The Labute approximate surface area is 146 Å². The first-order valence-corrected chi connectivity index (χ1v) is 8.86. The van der Waals surface area contributed by atoms with Crippen LogP contribution in [0.4, 0.5) is 8.78 Å². The van der Waals surface area contributed by atoms with Gasteiger partial charge in [-0.15, -0.1) is 0 Å². The molecule has 2 amide bonds. The molecular formula is C19H24F2N2O2. The summed E-state index contributed by atoms with van der Waals surface area (Å²) in [6, 6.07) is 4.19. The number of hydrogen-bond donors (Lipinski definition) is 1. The molecule has 0 bridgehead atoms. The fraction of sp³-hybridized carbons (Fsp3) is 0.579. The van der Waals surface area contributed by atoms with E-state index in [2.05, 4.69) is 5.32 Å². The molecule has 1 aromatic rings. The smallest absolute Gasteiger partial charge is 0.260 e. The zero-order valence-electron chi connectivity index (χ0n) is 14.7. The molecule has 2 aliphatic rings. The van der Waals surface area contributed by atoms with Crippen LogP contribution in [0, 0.1) is 5.82 Å². The number of aryl methyl sites for hydroxylation is 1. The predicted molar refractivity (Wildman–Crippen MR) is 90.5 cm³/mol. The first-order chi connectivity index (χ1) is 11.8. The van der Waals surface area contributed by atoms with E-state index < -0.39 is 22.9 Å². The number of amides is 2. The van der Waals surface area contributed by atoms with Crippen LogP contribution in [0.3, 0.4) is 0 Å². The minimum atomic E-state index is -1.72. The number of nitrogens with one attached hydrogen (secondary N) is 1. The molecule has 1 atom stereocenters. The van der Waals surface area contributed by atoms with E-state index >= 15 is 0 Å². The molecule has 136 valence electrons. The number of carbonyl (C=O) groups excluding carboxylic acids is 2. The molecular weight excluding hydrogens is 326 g/mol. The van der Waals surface area contributed by atoms with Gasteiger partial charge in [0.05, 0.1) is 5.54 Å². The third-order valence-corrected chi connectivity index (χ3v) is 5.40. The second-order valence-electron chi connectivity index (χ2n) is 7.47. The summed E-state index contributed by atoms with van der Waals surface area (Å²) >= 11 is 0. The maximum atomic E-state index is 14.4. The van der Waals surface area contributed by atoms with E-state index in [0.717, 1.165) is 12.0 Å². The molecule has 1 aliphatic carbocycles. The van der Waals surface area contributed by atoms with Crippen molar-refractivity contribution in [2.75, 3.05) is 13.1 Å². The van der Waals surface area contributed by atoms with Crippen LogP contribution in [0.15, 0.2) is 18.2 Å². The molecule has 6 heteroatoms. The molecule has 1 unspecified atom stereocenters. The Morgan fingerprint density at radius 3 is 2.60 bits per heavy atom. The lowest BCUT2D eigenvalue weighted by Crippen LogP contribution is -2.53. The monoisotopic (exact) mass is 350 g/mol. The van der Waals surface area contributed by atoms with E-state index in [0.29, 0.717) is 24.9 Å². The summed E-state index contributed by atoms with van der Waals surface area (Å²) < 4.78 is 27.9. The van der Waals surface area contributed by atoms with Crippen molar-refractivity contribution in [2.24, 2.45) is 0 Å². The van der Waals surface area contributed by atoms with Crippen molar-refractivity contribution in [3.05, 3.63) is 35.1 Å². The Hall–Kier alpha value is -1.98. The van der Waals surface area contributed by atoms with Crippen molar-refractivity contribution in [1.29, 1.82) is 0 Å². The molecule has 1 saturated heterocycles. The Bertz CT molecular complexity index is 703. The van der Waals surface area contributed by atoms with Gasteiger partial charge >= 0.3 is 0 Å². The van der Waals surface area contributed by atoms with Crippen LogP contribution in [0.5, 0.6) is 0 Å². The second kappa shape index (κ2) is 6.39. The molecule has 1 N–H and O–H groups in total. The number of halogens is 2. The Balaban J connectivity index is 1.69. The summed E-state index contributed by atoms with van der Waals surface area (Å²) in [6.45, 7) is 4.45. The number of alkyl halides is 1. The largest absolute Gasteiger partial charge is 0.345 e. The van der Waals surface area contributed by atoms with Crippen molar-refractivity contribution >= 4 is 11.8 Å². The summed E-state index contributed by atoms with van der Waals surface area (Å²) in [7, 11) is 0. The summed E-state index contributed by atoms with van der Waals surface area (Å²) in [5.41, 5.74) is -1.27. The van der Waals surface area contributed by atoms with E-state index in [9.17, 15) is 18.4 Å². The number of nitrogens with zero attached hydrogens (tertiary/aromatic N) is 1. The molecule has 0 radical (unpaired) electrons. The third-order valence-electron chi connectivity index (χ3n) is 5.40. The van der Waals surface area contributed by atoms with E-state index in [-0.39, 0.29) is 25.3 Å². The van der Waals surface area contributed by atoms with Gasteiger partial charge in [-0.05, 0) is 56.7 Å². The van der Waals surface area contributed by atoms with Gasteiger partial charge in [0.25, 0.3) is 11.8 Å². The van der Waals surface area contributed by atoms with E-state index in [1.807, 2.05) is 13.8 Å². The quantitative estimate of drug-likeness (QED) is 0.907. The number of likely N-dealkylation sites (tertiary alicyclic amines) is 1. The fourth-order valence-corrected chi connectivity index (χ4v) is 3.63. The molecule has 1 heterocycles. The maximum absolute atomic E-state index is 14.4. The Morgan fingerprint density at radius 2 is 2.00 bits per heavy atom. The zero-order chi connectivity index (χ0) is 18.2. The summed E-state index contributed by atoms with van der Waals surface area (Å²) in [4.78, 5) is 26.5. The van der Waals surface area contributed by atoms with Gasteiger partial charge in [0.1, 0.15) is 5.82 Å². The predicted octanol–water partition coefficient (Wildman–Crippen LogP) is 3.00. The van der Waals surface area contributed by atoms with Gasteiger partial charge in [0.15, 0.2) is 5.67 Å². The third kappa shape index (κ3) is 3.39. The van der Waals surface area contributed by atoms with Crippen LogP contribution in [0.25, 0.3) is 0 Å². The minimum absolute atomic E-state index is 0.278. The van der Waals surface area contributed by atoms with Gasteiger partial charge in [-0.3, -0.25) is 9.59 Å². The number of carbonyl (C=O) groups is 2. The first kappa shape index (κ1) is 17.8. The van der Waals surface area contributed by atoms with Crippen molar-refractivity contribution in [1.82, 2.24) is 10.2 Å². The summed E-state index contributed by atoms with van der Waals surface area (Å²) in [5, 5.41) is 2.92. The highest BCUT2D eigenvalue weighted by Crippen LogP contribution is 2.39. The highest BCUT2D eigenvalue weighted by atomic mass is 19.1. The van der Waals surface area contributed by atoms with Crippen LogP contribution in [0.2, 0.25) is 0 Å². The van der Waals surface area contributed by atoms with Crippen LogP contribution in [-0.4, -0.2) is 41.0 Å². The van der Waals surface area contributed by atoms with Crippen molar-refractivity contribution in [2.45, 2.75) is 57.2 Å². The first-order valence-electron chi connectivity index (χ1n) is 8.86. The average molecular weight is 350 g/mol. The van der Waals surface area contributed by atoms with Gasteiger partial charge in [0, 0.05) is 18.7 Å². The number of rotatable bonds is 4. The van der Waals surface area contributed by atoms with Crippen LogP contribution >= 0.6 is 0 Å². The number of benzene rings is 1. The fourth-order valence-electron chi connectivity index (χ4n) is 3.63. The summed E-state index contributed by atoms with van der Waals surface area (Å²) in [6.07, 6.45) is 2.48. The van der Waals surface area contributed by atoms with Gasteiger partial charge in [0.2, 0.25) is 0 Å². The van der Waals surface area contributed by atoms with Crippen LogP contribution in [-0.2, 0) is 11.2 Å². The molecule has 0 aromatic heterocycles. The summed E-state index contributed by atoms with van der Waals surface area (Å²) in [5.74, 6) is -1.27. The maximum Gasteiger partial charge on any atom is 0.260 e. The average Bonchev–Trinajstić information content (AvgIpc) is 2.93. The minimum Gasteiger partial charge on any atom is -0.345 e. The molecule has 1 aromatic carbocycles. The second-order valence-corrected chi connectivity index (χ2v) is 7.47. The van der Waals surface area contributed by atoms with Crippen molar-refractivity contribution in [3.63, 3.8) is 0 Å². The van der Waals surface area contributed by atoms with Crippen LogP contribution < -0.4 is 5.32 Å². The molecule has 25 heavy (non-hydrogen) atoms. The molecule has 2 fully saturated rings.